The highest BCUT2D eigenvalue weighted by Crippen LogP contribution is 2.17. The van der Waals surface area contributed by atoms with Crippen molar-refractivity contribution in [2.45, 2.75) is 20.8 Å². The molecule has 2 aromatic rings. The maximum Gasteiger partial charge on any atom is 0.257 e. The van der Waals surface area contributed by atoms with Crippen LogP contribution in [0.5, 0.6) is 0 Å². The lowest BCUT2D eigenvalue weighted by Gasteiger charge is -2.34. The van der Waals surface area contributed by atoms with Crippen molar-refractivity contribution >= 4 is 17.6 Å². The number of hydrogen-bond acceptors (Lipinski definition) is 6. The quantitative estimate of drug-likeness (QED) is 0.904. The number of anilines is 1. The van der Waals surface area contributed by atoms with Gasteiger partial charge in [0.25, 0.3) is 5.91 Å². The van der Waals surface area contributed by atoms with Crippen LogP contribution in [0.15, 0.2) is 21.1 Å². The van der Waals surface area contributed by atoms with Crippen molar-refractivity contribution < 1.29 is 18.5 Å². The Kier molecular flexibility index (Phi) is 4.89. The predicted molar refractivity (Wildman–Crippen MR) is 90.4 cm³/mol. The molecule has 134 valence electrons. The summed E-state index contributed by atoms with van der Waals surface area (Å²) in [5, 5.41) is 6.44. The Balaban J connectivity index is 1.49. The first-order valence-corrected chi connectivity index (χ1v) is 8.24. The number of aryl methyl sites for hydroxylation is 3. The van der Waals surface area contributed by atoms with E-state index in [1.165, 1.54) is 0 Å². The van der Waals surface area contributed by atoms with Gasteiger partial charge in [-0.3, -0.25) is 14.5 Å². The van der Waals surface area contributed by atoms with Crippen molar-refractivity contribution in [2.75, 3.05) is 38.0 Å². The first-order valence-electron chi connectivity index (χ1n) is 8.24. The number of carbonyl (C=O) groups excluding carboxylic acids is 2. The molecule has 0 spiro atoms. The van der Waals surface area contributed by atoms with E-state index >= 15 is 0 Å². The van der Waals surface area contributed by atoms with Gasteiger partial charge in [0.1, 0.15) is 17.3 Å². The fraction of sp³-hybridized carbons (Fsp3) is 0.471. The van der Waals surface area contributed by atoms with E-state index in [0.29, 0.717) is 49.1 Å². The molecule has 0 aliphatic carbocycles. The monoisotopic (exact) mass is 346 g/mol. The average Bonchev–Trinajstić information content (AvgIpc) is 3.12. The molecule has 1 aliphatic rings. The van der Waals surface area contributed by atoms with Gasteiger partial charge < -0.3 is 19.2 Å². The topological polar surface area (TPSA) is 91.8 Å². The summed E-state index contributed by atoms with van der Waals surface area (Å²) in [6.45, 7) is 8.11. The highest BCUT2D eigenvalue weighted by molar-refractivity contribution is 5.95. The molecule has 0 saturated carbocycles. The summed E-state index contributed by atoms with van der Waals surface area (Å²) in [5.41, 5.74) is 0.616. The first-order chi connectivity index (χ1) is 11.9. The zero-order valence-corrected chi connectivity index (χ0v) is 14.7. The number of piperazine rings is 1. The molecule has 8 heteroatoms. The second-order valence-electron chi connectivity index (χ2n) is 6.27. The molecule has 8 nitrogen and oxygen atoms in total. The van der Waals surface area contributed by atoms with Crippen LogP contribution >= 0.6 is 0 Å². The molecule has 3 rings (SSSR count). The minimum atomic E-state index is -0.144. The van der Waals surface area contributed by atoms with Crippen LogP contribution < -0.4 is 5.32 Å². The third-order valence-corrected chi connectivity index (χ3v) is 4.19. The summed E-state index contributed by atoms with van der Waals surface area (Å²) in [6, 6.07) is 3.45. The molecule has 0 radical (unpaired) electrons. The average molecular weight is 346 g/mol. The zero-order chi connectivity index (χ0) is 18.0. The van der Waals surface area contributed by atoms with Crippen molar-refractivity contribution in [2.24, 2.45) is 0 Å². The summed E-state index contributed by atoms with van der Waals surface area (Å²) >= 11 is 0. The van der Waals surface area contributed by atoms with E-state index in [2.05, 4.69) is 10.5 Å². The maximum absolute atomic E-state index is 12.6. The second-order valence-corrected chi connectivity index (χ2v) is 6.27. The number of nitrogens with zero attached hydrogens (tertiary/aromatic N) is 3. The second kappa shape index (κ2) is 7.10. The zero-order valence-electron chi connectivity index (χ0n) is 14.7. The van der Waals surface area contributed by atoms with Gasteiger partial charge in [0.05, 0.1) is 12.1 Å². The van der Waals surface area contributed by atoms with Gasteiger partial charge in [-0.2, -0.15) is 0 Å². The van der Waals surface area contributed by atoms with Crippen LogP contribution in [-0.4, -0.2) is 59.5 Å². The minimum Gasteiger partial charge on any atom is -0.466 e. The molecule has 1 N–H and O–H groups in total. The molecule has 0 atom stereocenters. The van der Waals surface area contributed by atoms with Gasteiger partial charge in [-0.15, -0.1) is 0 Å². The lowest BCUT2D eigenvalue weighted by molar-refractivity contribution is -0.117. The van der Waals surface area contributed by atoms with Crippen LogP contribution in [0.4, 0.5) is 5.82 Å². The molecule has 1 fully saturated rings. The molecular weight excluding hydrogens is 324 g/mol. The number of amides is 2. The van der Waals surface area contributed by atoms with Gasteiger partial charge in [0.2, 0.25) is 5.91 Å². The molecular formula is C17H22N4O4. The Morgan fingerprint density at radius 2 is 1.84 bits per heavy atom. The fourth-order valence-corrected chi connectivity index (χ4v) is 2.93. The van der Waals surface area contributed by atoms with Crippen LogP contribution in [0, 0.1) is 20.8 Å². The van der Waals surface area contributed by atoms with E-state index in [-0.39, 0.29) is 18.4 Å². The number of furan rings is 1. The highest BCUT2D eigenvalue weighted by atomic mass is 16.5. The molecule has 0 unspecified atom stereocenters. The minimum absolute atomic E-state index is 0.0171. The largest absolute Gasteiger partial charge is 0.466 e. The van der Waals surface area contributed by atoms with Crippen molar-refractivity contribution in [3.05, 3.63) is 35.0 Å². The van der Waals surface area contributed by atoms with Gasteiger partial charge in [0.15, 0.2) is 5.82 Å². The lowest BCUT2D eigenvalue weighted by Crippen LogP contribution is -2.50. The molecule has 1 aliphatic heterocycles. The van der Waals surface area contributed by atoms with Gasteiger partial charge >= 0.3 is 0 Å². The molecule has 3 heterocycles. The molecule has 2 amide bonds. The van der Waals surface area contributed by atoms with Crippen LogP contribution in [0.25, 0.3) is 0 Å². The van der Waals surface area contributed by atoms with Crippen molar-refractivity contribution in [1.82, 2.24) is 15.0 Å². The Morgan fingerprint density at radius 3 is 2.40 bits per heavy atom. The fourth-order valence-electron chi connectivity index (χ4n) is 2.93. The van der Waals surface area contributed by atoms with E-state index in [4.69, 9.17) is 8.94 Å². The van der Waals surface area contributed by atoms with E-state index in [9.17, 15) is 9.59 Å². The number of rotatable bonds is 4. The Bertz CT molecular complexity index is 771. The molecule has 25 heavy (non-hydrogen) atoms. The van der Waals surface area contributed by atoms with Gasteiger partial charge in [-0.1, -0.05) is 5.16 Å². The van der Waals surface area contributed by atoms with Crippen LogP contribution in [-0.2, 0) is 4.79 Å². The van der Waals surface area contributed by atoms with E-state index in [0.717, 1.165) is 5.76 Å². The standard InChI is InChI=1S/C17H22N4O4/c1-11-8-14(13(3)24-11)17(23)21-6-4-20(5-7-21)10-16(22)18-15-9-12(2)25-19-15/h8-9H,4-7,10H2,1-3H3,(H,18,19,22). The number of carbonyl (C=O) groups is 2. The summed E-state index contributed by atoms with van der Waals surface area (Å²) in [7, 11) is 0. The van der Waals surface area contributed by atoms with E-state index in [1.54, 1.807) is 30.9 Å². The summed E-state index contributed by atoms with van der Waals surface area (Å²) in [5.74, 6) is 2.28. The number of hydrogen-bond donors (Lipinski definition) is 1. The van der Waals surface area contributed by atoms with Gasteiger partial charge in [-0.25, -0.2) is 0 Å². The molecule has 0 aromatic carbocycles. The summed E-state index contributed by atoms with van der Waals surface area (Å²) < 4.78 is 10.4. The van der Waals surface area contributed by atoms with Gasteiger partial charge in [-0.05, 0) is 26.8 Å². The summed E-state index contributed by atoms with van der Waals surface area (Å²) in [6.07, 6.45) is 0. The Hall–Kier alpha value is -2.61. The smallest absolute Gasteiger partial charge is 0.257 e. The summed E-state index contributed by atoms with van der Waals surface area (Å²) in [4.78, 5) is 28.4. The van der Waals surface area contributed by atoms with Crippen LogP contribution in [0.1, 0.15) is 27.6 Å². The Morgan fingerprint density at radius 1 is 1.12 bits per heavy atom. The van der Waals surface area contributed by atoms with E-state index in [1.807, 2.05) is 11.8 Å². The molecule has 2 aromatic heterocycles. The maximum atomic E-state index is 12.6. The molecule has 1 saturated heterocycles. The highest BCUT2D eigenvalue weighted by Gasteiger charge is 2.25. The first kappa shape index (κ1) is 17.2. The number of nitrogens with one attached hydrogen (secondary N) is 1. The van der Waals surface area contributed by atoms with Crippen molar-refractivity contribution in [3.63, 3.8) is 0 Å². The predicted octanol–water partition coefficient (Wildman–Crippen LogP) is 1.59. The molecule has 0 bridgehead atoms. The van der Waals surface area contributed by atoms with Crippen LogP contribution in [0.2, 0.25) is 0 Å². The van der Waals surface area contributed by atoms with Crippen molar-refractivity contribution in [1.29, 1.82) is 0 Å². The third-order valence-electron chi connectivity index (χ3n) is 4.19. The Labute approximate surface area is 145 Å². The van der Waals surface area contributed by atoms with Gasteiger partial charge in [0, 0.05) is 32.2 Å². The SMILES string of the molecule is Cc1cc(NC(=O)CN2CCN(C(=O)c3cc(C)oc3C)CC2)no1. The van der Waals surface area contributed by atoms with Crippen molar-refractivity contribution in [3.8, 4) is 0 Å². The number of aromatic nitrogens is 1. The normalized spacial score (nSPS) is 15.4. The van der Waals surface area contributed by atoms with Crippen LogP contribution in [0.3, 0.4) is 0 Å². The van der Waals surface area contributed by atoms with E-state index < -0.39 is 0 Å². The third kappa shape index (κ3) is 4.08. The lowest BCUT2D eigenvalue weighted by atomic mass is 10.2.